The summed E-state index contributed by atoms with van der Waals surface area (Å²) in [6, 6.07) is 6.52. The summed E-state index contributed by atoms with van der Waals surface area (Å²) in [5.74, 6) is -1.65. The lowest BCUT2D eigenvalue weighted by Gasteiger charge is -2.37. The van der Waals surface area contributed by atoms with Gasteiger partial charge in [-0.25, -0.2) is 4.79 Å². The zero-order valence-corrected chi connectivity index (χ0v) is 20.5. The largest absolute Gasteiger partial charge is 0.497 e. The highest BCUT2D eigenvalue weighted by molar-refractivity contribution is 7.86. The lowest BCUT2D eigenvalue weighted by Crippen LogP contribution is -2.45. The molecule has 0 spiro atoms. The van der Waals surface area contributed by atoms with E-state index in [1.165, 1.54) is 7.11 Å². The lowest BCUT2D eigenvalue weighted by molar-refractivity contribution is -0.0617. The number of rotatable bonds is 13. The second-order valence-electron chi connectivity index (χ2n) is 8.26. The maximum atomic E-state index is 12.8. The van der Waals surface area contributed by atoms with Crippen molar-refractivity contribution in [2.24, 2.45) is 23.7 Å². The van der Waals surface area contributed by atoms with E-state index in [-0.39, 0.29) is 11.8 Å². The molecule has 0 unspecified atom stereocenters. The monoisotopic (exact) mass is 468 g/mol. The SMILES string of the molecule is C=C[C@H](C)[C@H](OC(=O)c1ccc(OC)cc1)[C@@H](C)[C@H](O)[C@H](C)[C@@H](OS(C)(=O)=O)[C@@H](C)C=C. The van der Waals surface area contributed by atoms with Crippen molar-refractivity contribution < 1.29 is 32.0 Å². The Morgan fingerprint density at radius 3 is 1.88 bits per heavy atom. The minimum atomic E-state index is -3.76. The maximum absolute atomic E-state index is 12.8. The molecule has 0 bridgehead atoms. The van der Waals surface area contributed by atoms with E-state index in [1.54, 1.807) is 57.2 Å². The van der Waals surface area contributed by atoms with Crippen LogP contribution < -0.4 is 4.74 Å². The van der Waals surface area contributed by atoms with Gasteiger partial charge in [-0.2, -0.15) is 8.42 Å². The highest BCUT2D eigenvalue weighted by Crippen LogP contribution is 2.31. The first-order valence-corrected chi connectivity index (χ1v) is 12.3. The molecular weight excluding hydrogens is 432 g/mol. The quantitative estimate of drug-likeness (QED) is 0.267. The van der Waals surface area contributed by atoms with E-state index in [1.807, 2.05) is 6.92 Å². The van der Waals surface area contributed by atoms with Crippen LogP contribution >= 0.6 is 0 Å². The fraction of sp³-hybridized carbons (Fsp3) is 0.542. The summed E-state index contributed by atoms with van der Waals surface area (Å²) in [7, 11) is -2.22. The Morgan fingerprint density at radius 1 is 0.969 bits per heavy atom. The molecule has 1 rings (SSSR count). The summed E-state index contributed by atoms with van der Waals surface area (Å²) in [5, 5.41) is 11.1. The van der Waals surface area contributed by atoms with Crippen molar-refractivity contribution in [2.75, 3.05) is 13.4 Å². The van der Waals surface area contributed by atoms with Crippen molar-refractivity contribution in [3.05, 3.63) is 55.1 Å². The Hall–Kier alpha value is -2.16. The molecule has 7 nitrogen and oxygen atoms in total. The highest BCUT2D eigenvalue weighted by atomic mass is 32.2. The molecule has 0 amide bonds. The zero-order chi connectivity index (χ0) is 24.6. The van der Waals surface area contributed by atoms with Crippen LogP contribution in [-0.2, 0) is 19.0 Å². The van der Waals surface area contributed by atoms with Crippen molar-refractivity contribution in [1.29, 1.82) is 0 Å². The van der Waals surface area contributed by atoms with Gasteiger partial charge in [-0.15, -0.1) is 13.2 Å². The standard InChI is InChI=1S/C24H36O7S/c1-9-15(3)22(30-24(26)19-11-13-20(29-7)14-12-19)17(5)21(25)18(6)23(16(4)10-2)31-32(8,27)28/h9-18,21-23,25H,1-2H2,3-8H3/t15-,16-,17-,18-,21-,22-,23-/m0/s1. The second kappa shape index (κ2) is 12.2. The van der Waals surface area contributed by atoms with Gasteiger partial charge in [0.25, 0.3) is 10.1 Å². The molecule has 180 valence electrons. The molecule has 1 aromatic carbocycles. The summed E-state index contributed by atoms with van der Waals surface area (Å²) in [6.07, 6.45) is 1.65. The van der Waals surface area contributed by atoms with Crippen LogP contribution in [0.2, 0.25) is 0 Å². The maximum Gasteiger partial charge on any atom is 0.338 e. The molecule has 0 aliphatic heterocycles. The normalized spacial score (nSPS) is 18.3. The first kappa shape index (κ1) is 27.9. The fourth-order valence-corrected chi connectivity index (χ4v) is 4.36. The average Bonchev–Trinajstić information content (AvgIpc) is 2.77. The number of carbonyl (C=O) groups is 1. The molecule has 0 heterocycles. The molecule has 1 N–H and O–H groups in total. The van der Waals surface area contributed by atoms with Gasteiger partial charge in [-0.3, -0.25) is 4.18 Å². The molecule has 8 heteroatoms. The van der Waals surface area contributed by atoms with Crippen molar-refractivity contribution >= 4 is 16.1 Å². The van der Waals surface area contributed by atoms with Gasteiger partial charge >= 0.3 is 5.97 Å². The number of hydrogen-bond acceptors (Lipinski definition) is 7. The number of benzene rings is 1. The zero-order valence-electron chi connectivity index (χ0n) is 19.7. The molecule has 0 aromatic heterocycles. The van der Waals surface area contributed by atoms with Crippen LogP contribution in [0.4, 0.5) is 0 Å². The summed E-state index contributed by atoms with van der Waals surface area (Å²) < 4.78 is 39.7. The third-order valence-corrected chi connectivity index (χ3v) is 6.32. The van der Waals surface area contributed by atoms with E-state index in [4.69, 9.17) is 13.7 Å². The number of methoxy groups -OCH3 is 1. The van der Waals surface area contributed by atoms with E-state index >= 15 is 0 Å². The molecule has 0 fully saturated rings. The number of ether oxygens (including phenoxy) is 2. The van der Waals surface area contributed by atoms with Gasteiger partial charge in [0.15, 0.2) is 0 Å². The first-order chi connectivity index (χ1) is 14.9. The van der Waals surface area contributed by atoms with Crippen LogP contribution in [0.5, 0.6) is 5.75 Å². The Balaban J connectivity index is 3.12. The van der Waals surface area contributed by atoms with E-state index in [2.05, 4.69) is 13.2 Å². The van der Waals surface area contributed by atoms with Gasteiger partial charge < -0.3 is 14.6 Å². The highest BCUT2D eigenvalue weighted by Gasteiger charge is 2.39. The molecule has 0 aliphatic carbocycles. The van der Waals surface area contributed by atoms with E-state index in [9.17, 15) is 18.3 Å². The summed E-state index contributed by atoms with van der Waals surface area (Å²) in [5.41, 5.74) is 0.348. The molecule has 0 saturated heterocycles. The predicted octanol–water partition coefficient (Wildman–Crippen LogP) is 3.84. The third kappa shape index (κ3) is 7.76. The fourth-order valence-electron chi connectivity index (χ4n) is 3.60. The predicted molar refractivity (Wildman–Crippen MR) is 125 cm³/mol. The molecule has 1 aromatic rings. The van der Waals surface area contributed by atoms with Crippen LogP contribution in [0.15, 0.2) is 49.6 Å². The van der Waals surface area contributed by atoms with Crippen molar-refractivity contribution in [1.82, 2.24) is 0 Å². The summed E-state index contributed by atoms with van der Waals surface area (Å²) in [6.45, 7) is 14.6. The molecule has 0 saturated carbocycles. The lowest BCUT2D eigenvalue weighted by atomic mass is 9.79. The molecule has 32 heavy (non-hydrogen) atoms. The summed E-state index contributed by atoms with van der Waals surface area (Å²) in [4.78, 5) is 12.8. The van der Waals surface area contributed by atoms with Crippen molar-refractivity contribution in [3.8, 4) is 5.75 Å². The number of aliphatic hydroxyl groups is 1. The van der Waals surface area contributed by atoms with E-state index < -0.39 is 46.2 Å². The van der Waals surface area contributed by atoms with Gasteiger partial charge in [-0.05, 0) is 24.3 Å². The average molecular weight is 469 g/mol. The topological polar surface area (TPSA) is 99.1 Å². The van der Waals surface area contributed by atoms with Crippen LogP contribution in [0, 0.1) is 23.7 Å². The van der Waals surface area contributed by atoms with Crippen LogP contribution in [0.3, 0.4) is 0 Å². The number of carbonyl (C=O) groups excluding carboxylic acids is 1. The van der Waals surface area contributed by atoms with E-state index in [0.29, 0.717) is 11.3 Å². The third-order valence-electron chi connectivity index (χ3n) is 5.75. The Kier molecular flexibility index (Phi) is 10.6. The minimum Gasteiger partial charge on any atom is -0.497 e. The smallest absolute Gasteiger partial charge is 0.338 e. The van der Waals surface area contributed by atoms with Crippen LogP contribution in [0.25, 0.3) is 0 Å². The molecule has 7 atom stereocenters. The van der Waals surface area contributed by atoms with Crippen molar-refractivity contribution in [2.45, 2.75) is 46.0 Å². The Morgan fingerprint density at radius 2 is 1.44 bits per heavy atom. The minimum absolute atomic E-state index is 0.264. The molecular formula is C24H36O7S. The van der Waals surface area contributed by atoms with Gasteiger partial charge in [0.1, 0.15) is 11.9 Å². The Bertz CT molecular complexity index is 863. The van der Waals surface area contributed by atoms with Crippen LogP contribution in [-0.4, -0.2) is 51.2 Å². The number of aliphatic hydroxyl groups excluding tert-OH is 1. The van der Waals surface area contributed by atoms with Crippen molar-refractivity contribution in [3.63, 3.8) is 0 Å². The van der Waals surface area contributed by atoms with Crippen LogP contribution in [0.1, 0.15) is 38.1 Å². The number of esters is 1. The van der Waals surface area contributed by atoms with Gasteiger partial charge in [0.05, 0.1) is 31.1 Å². The molecule has 0 aliphatic rings. The number of hydrogen-bond donors (Lipinski definition) is 1. The Labute approximate surface area is 192 Å². The van der Waals surface area contributed by atoms with Gasteiger partial charge in [0.2, 0.25) is 0 Å². The second-order valence-corrected chi connectivity index (χ2v) is 9.86. The van der Waals surface area contributed by atoms with Gasteiger partial charge in [-0.1, -0.05) is 39.8 Å². The summed E-state index contributed by atoms with van der Waals surface area (Å²) >= 11 is 0. The van der Waals surface area contributed by atoms with E-state index in [0.717, 1.165) is 6.26 Å². The van der Waals surface area contributed by atoms with Gasteiger partial charge in [0, 0.05) is 23.7 Å². The first-order valence-electron chi connectivity index (χ1n) is 10.5. The molecule has 0 radical (unpaired) electrons.